The smallest absolute Gasteiger partial charge is 0.346 e. The van der Waals surface area contributed by atoms with E-state index in [-0.39, 0.29) is 17.5 Å². The number of rotatable bonds is 6. The Morgan fingerprint density at radius 3 is 2.53 bits per heavy atom. The predicted octanol–water partition coefficient (Wildman–Crippen LogP) is 3.90. The summed E-state index contributed by atoms with van der Waals surface area (Å²) in [5, 5.41) is 4.70. The van der Waals surface area contributed by atoms with Gasteiger partial charge in [0.15, 0.2) is 0 Å². The number of likely N-dealkylation sites (tertiary alicyclic amines) is 1. The zero-order chi connectivity index (χ0) is 22.7. The summed E-state index contributed by atoms with van der Waals surface area (Å²) in [5.41, 5.74) is 1.57. The van der Waals surface area contributed by atoms with E-state index in [1.165, 1.54) is 0 Å². The molecule has 2 aromatic carbocycles. The molecule has 1 aliphatic heterocycles. The van der Waals surface area contributed by atoms with Crippen molar-refractivity contribution in [2.24, 2.45) is 0 Å². The number of benzene rings is 2. The molecule has 168 valence electrons. The van der Waals surface area contributed by atoms with Crippen molar-refractivity contribution in [3.8, 4) is 5.75 Å². The van der Waals surface area contributed by atoms with Crippen LogP contribution in [0.15, 0.2) is 57.8 Å². The molecule has 7 nitrogen and oxygen atoms in total. The van der Waals surface area contributed by atoms with Crippen LogP contribution in [0.1, 0.15) is 47.4 Å². The van der Waals surface area contributed by atoms with E-state index in [4.69, 9.17) is 9.84 Å². The summed E-state index contributed by atoms with van der Waals surface area (Å²) in [4.78, 5) is 27.9. The lowest BCUT2D eigenvalue weighted by atomic mass is 9.95. The molecule has 8 heteroatoms. The number of methoxy groups -OCH3 is 1. The third-order valence-corrected chi connectivity index (χ3v) is 6.69. The Morgan fingerprint density at radius 2 is 1.88 bits per heavy atom. The largest absolute Gasteiger partial charge is 0.497 e. The second kappa shape index (κ2) is 9.73. The van der Waals surface area contributed by atoms with Crippen LogP contribution in [0.5, 0.6) is 5.75 Å². The van der Waals surface area contributed by atoms with E-state index in [0.29, 0.717) is 37.5 Å². The van der Waals surface area contributed by atoms with E-state index in [1.54, 1.807) is 22.4 Å². The van der Waals surface area contributed by atoms with E-state index in [9.17, 15) is 9.59 Å². The van der Waals surface area contributed by atoms with E-state index in [1.807, 2.05) is 54.3 Å². The fourth-order valence-electron chi connectivity index (χ4n) is 4.22. The van der Waals surface area contributed by atoms with Crippen LogP contribution < -0.4 is 10.4 Å². The van der Waals surface area contributed by atoms with Gasteiger partial charge >= 0.3 is 5.69 Å². The molecule has 1 saturated heterocycles. The third kappa shape index (κ3) is 4.50. The molecule has 3 aromatic rings. The molecular formula is C24H27BrN4O3. The van der Waals surface area contributed by atoms with Crippen LogP contribution in [0.4, 0.5) is 0 Å². The van der Waals surface area contributed by atoms with Gasteiger partial charge < -0.3 is 9.64 Å². The summed E-state index contributed by atoms with van der Waals surface area (Å²) in [7, 11) is 1.59. The maximum Gasteiger partial charge on any atom is 0.346 e. The number of ether oxygens (including phenoxy) is 1. The number of nitrogens with zero attached hydrogens (tertiary/aromatic N) is 4. The van der Waals surface area contributed by atoms with Crippen LogP contribution in [0.25, 0.3) is 0 Å². The summed E-state index contributed by atoms with van der Waals surface area (Å²) in [6.07, 6.45) is 1.55. The molecule has 0 saturated carbocycles. The van der Waals surface area contributed by atoms with Gasteiger partial charge in [-0.1, -0.05) is 30.3 Å². The minimum Gasteiger partial charge on any atom is -0.497 e. The molecule has 0 spiro atoms. The van der Waals surface area contributed by atoms with Crippen molar-refractivity contribution in [2.45, 2.75) is 38.8 Å². The Balaban J connectivity index is 1.49. The molecule has 1 aliphatic rings. The fraction of sp³-hybridized carbons (Fsp3) is 0.375. The van der Waals surface area contributed by atoms with Crippen molar-refractivity contribution in [1.29, 1.82) is 0 Å². The molecule has 32 heavy (non-hydrogen) atoms. The maximum atomic E-state index is 13.1. The number of piperidine rings is 1. The number of hydrogen-bond donors (Lipinski definition) is 0. The Bertz CT molecular complexity index is 1150. The molecule has 0 atom stereocenters. The molecule has 0 N–H and O–H groups in total. The Hall–Kier alpha value is -2.87. The van der Waals surface area contributed by atoms with Gasteiger partial charge in [-0.2, -0.15) is 5.10 Å². The van der Waals surface area contributed by atoms with E-state index in [0.717, 1.165) is 28.7 Å². The molecule has 1 aromatic heterocycles. The van der Waals surface area contributed by atoms with Gasteiger partial charge in [-0.3, -0.25) is 9.36 Å². The second-order valence-corrected chi connectivity index (χ2v) is 8.79. The third-order valence-electron chi connectivity index (χ3n) is 5.99. The van der Waals surface area contributed by atoms with Crippen molar-refractivity contribution in [3.05, 3.63) is 80.4 Å². The number of carbonyl (C=O) groups excluding carboxylic acids is 1. The molecule has 4 rings (SSSR count). The fourth-order valence-corrected chi connectivity index (χ4v) is 4.64. The number of hydrogen-bond acceptors (Lipinski definition) is 4. The van der Waals surface area contributed by atoms with E-state index >= 15 is 0 Å². The summed E-state index contributed by atoms with van der Waals surface area (Å²) in [5.74, 6) is 1.61. The summed E-state index contributed by atoms with van der Waals surface area (Å²) >= 11 is 3.48. The molecule has 1 amide bonds. The lowest BCUT2D eigenvalue weighted by Gasteiger charge is -2.32. The summed E-state index contributed by atoms with van der Waals surface area (Å²) in [6.45, 7) is 4.26. The van der Waals surface area contributed by atoms with Crippen molar-refractivity contribution < 1.29 is 9.53 Å². The molecule has 0 bridgehead atoms. The first-order valence-electron chi connectivity index (χ1n) is 10.9. The SMILES string of the molecule is CCn1c(C2CCN(C(=O)c3cc(OC)ccc3Br)CC2)nn(Cc2ccccc2)c1=O. The highest BCUT2D eigenvalue weighted by molar-refractivity contribution is 9.10. The minimum absolute atomic E-state index is 0.0169. The highest BCUT2D eigenvalue weighted by atomic mass is 79.9. The minimum atomic E-state index is -0.0785. The first kappa shape index (κ1) is 22.3. The summed E-state index contributed by atoms with van der Waals surface area (Å²) in [6, 6.07) is 15.3. The summed E-state index contributed by atoms with van der Waals surface area (Å²) < 4.78 is 9.35. The van der Waals surface area contributed by atoms with Gasteiger partial charge in [0, 0.05) is 30.0 Å². The zero-order valence-corrected chi connectivity index (χ0v) is 19.9. The molecule has 0 unspecified atom stereocenters. The second-order valence-electron chi connectivity index (χ2n) is 7.94. The number of aromatic nitrogens is 3. The van der Waals surface area contributed by atoms with Crippen molar-refractivity contribution in [3.63, 3.8) is 0 Å². The Kier molecular flexibility index (Phi) is 6.79. The van der Waals surface area contributed by atoms with E-state index < -0.39 is 0 Å². The quantitative estimate of drug-likeness (QED) is 0.516. The van der Waals surface area contributed by atoms with Crippen LogP contribution in [0.3, 0.4) is 0 Å². The number of carbonyl (C=O) groups is 1. The van der Waals surface area contributed by atoms with Crippen LogP contribution in [0, 0.1) is 0 Å². The first-order chi connectivity index (χ1) is 15.5. The van der Waals surface area contributed by atoms with Crippen LogP contribution in [0.2, 0.25) is 0 Å². The van der Waals surface area contributed by atoms with Gasteiger partial charge in [-0.15, -0.1) is 0 Å². The number of amides is 1. The monoisotopic (exact) mass is 498 g/mol. The van der Waals surface area contributed by atoms with Crippen LogP contribution in [-0.4, -0.2) is 45.4 Å². The maximum absolute atomic E-state index is 13.1. The van der Waals surface area contributed by atoms with Crippen molar-refractivity contribution >= 4 is 21.8 Å². The molecule has 1 fully saturated rings. The van der Waals surface area contributed by atoms with Crippen LogP contribution in [-0.2, 0) is 13.1 Å². The first-order valence-corrected chi connectivity index (χ1v) is 11.7. The topological polar surface area (TPSA) is 69.4 Å². The van der Waals surface area contributed by atoms with Gasteiger partial charge in [0.05, 0.1) is 19.2 Å². The van der Waals surface area contributed by atoms with Crippen molar-refractivity contribution in [1.82, 2.24) is 19.2 Å². The Labute approximate surface area is 195 Å². The van der Waals surface area contributed by atoms with Gasteiger partial charge in [0.1, 0.15) is 11.6 Å². The zero-order valence-electron chi connectivity index (χ0n) is 18.3. The van der Waals surface area contributed by atoms with Crippen molar-refractivity contribution in [2.75, 3.05) is 20.2 Å². The van der Waals surface area contributed by atoms with Gasteiger partial charge in [-0.05, 0) is 59.5 Å². The predicted molar refractivity (Wildman–Crippen MR) is 126 cm³/mol. The van der Waals surface area contributed by atoms with Gasteiger partial charge in [-0.25, -0.2) is 9.48 Å². The lowest BCUT2D eigenvalue weighted by molar-refractivity contribution is 0.0709. The van der Waals surface area contributed by atoms with Gasteiger partial charge in [0.25, 0.3) is 5.91 Å². The number of halogens is 1. The highest BCUT2D eigenvalue weighted by Gasteiger charge is 2.29. The molecule has 0 aliphatic carbocycles. The molecule has 2 heterocycles. The van der Waals surface area contributed by atoms with Gasteiger partial charge in [0.2, 0.25) is 0 Å². The molecular weight excluding hydrogens is 472 g/mol. The highest BCUT2D eigenvalue weighted by Crippen LogP contribution is 2.29. The lowest BCUT2D eigenvalue weighted by Crippen LogP contribution is -2.38. The average molecular weight is 499 g/mol. The molecule has 0 radical (unpaired) electrons. The van der Waals surface area contributed by atoms with E-state index in [2.05, 4.69) is 15.9 Å². The normalized spacial score (nSPS) is 14.5. The standard InChI is InChI=1S/C24H27BrN4O3/c1-3-28-22(26-29(24(28)31)16-17-7-5-4-6-8-17)18-11-13-27(14-12-18)23(30)20-15-19(32-2)9-10-21(20)25/h4-10,15,18H,3,11-14,16H2,1-2H3. The van der Waals surface area contributed by atoms with Crippen LogP contribution >= 0.6 is 15.9 Å². The average Bonchev–Trinajstić information content (AvgIpc) is 3.14. The Morgan fingerprint density at radius 1 is 1.16 bits per heavy atom.